The zero-order valence-electron chi connectivity index (χ0n) is 17.4. The Morgan fingerprint density at radius 2 is 1.84 bits per heavy atom. The number of aromatic hydroxyl groups is 1. The number of hydrogen-bond donors (Lipinski definition) is 1. The number of aromatic nitrogens is 1. The minimum Gasteiger partial charge on any atom is -0.494 e. The van der Waals surface area contributed by atoms with Gasteiger partial charge in [0.05, 0.1) is 30.7 Å². The first kappa shape index (κ1) is 21.3. The average Bonchev–Trinajstić information content (AvgIpc) is 3.28. The maximum absolute atomic E-state index is 13.2. The summed E-state index contributed by atoms with van der Waals surface area (Å²) in [5, 5.41) is 13.8. The number of rotatable bonds is 6. The van der Waals surface area contributed by atoms with E-state index in [2.05, 4.69) is 4.99 Å². The van der Waals surface area contributed by atoms with Crippen LogP contribution in [0.3, 0.4) is 0 Å². The number of ether oxygens (including phenoxy) is 2. The van der Waals surface area contributed by atoms with Crippen molar-refractivity contribution in [3.63, 3.8) is 0 Å². The molecule has 0 saturated carbocycles. The van der Waals surface area contributed by atoms with Crippen LogP contribution in [-0.2, 0) is 4.74 Å². The fourth-order valence-electron chi connectivity index (χ4n) is 3.37. The number of carbonyl (C=O) groups excluding carboxylic acids is 1. The highest BCUT2D eigenvalue weighted by atomic mass is 32.1. The molecule has 0 aliphatic heterocycles. The number of benzene rings is 2. The summed E-state index contributed by atoms with van der Waals surface area (Å²) in [5.74, 6) is -0.0730. The molecule has 0 amide bonds. The van der Waals surface area contributed by atoms with Gasteiger partial charge in [-0.25, -0.2) is 9.36 Å². The number of fused-ring (bicyclic) bond motifs is 1. The Labute approximate surface area is 187 Å². The number of thiophene rings is 1. The topological polar surface area (TPSA) is 90.1 Å². The van der Waals surface area contributed by atoms with E-state index in [0.717, 1.165) is 0 Å². The number of nitrogens with zero attached hydrogens (tertiary/aromatic N) is 2. The van der Waals surface area contributed by atoms with Gasteiger partial charge in [0.25, 0.3) is 5.56 Å². The predicted octanol–water partition coefficient (Wildman–Crippen LogP) is 4.69. The van der Waals surface area contributed by atoms with Crippen LogP contribution in [0.25, 0.3) is 16.5 Å². The maximum Gasteiger partial charge on any atom is 0.350 e. The van der Waals surface area contributed by atoms with Gasteiger partial charge in [-0.3, -0.25) is 9.79 Å². The van der Waals surface area contributed by atoms with Crippen LogP contribution < -0.4 is 10.3 Å². The van der Waals surface area contributed by atoms with Crippen LogP contribution in [0.2, 0.25) is 0 Å². The molecule has 0 radical (unpaired) electrons. The molecule has 0 aliphatic carbocycles. The summed E-state index contributed by atoms with van der Waals surface area (Å²) in [4.78, 5) is 29.9. The van der Waals surface area contributed by atoms with Gasteiger partial charge in [0.1, 0.15) is 10.6 Å². The van der Waals surface area contributed by atoms with Gasteiger partial charge in [0, 0.05) is 17.0 Å². The molecule has 2 aromatic carbocycles. The van der Waals surface area contributed by atoms with E-state index in [1.807, 2.05) is 6.92 Å². The molecule has 0 atom stereocenters. The molecule has 1 N–H and O–H groups in total. The molecule has 4 aromatic rings. The van der Waals surface area contributed by atoms with Crippen LogP contribution >= 0.6 is 11.3 Å². The third-order valence-electron chi connectivity index (χ3n) is 4.86. The minimum absolute atomic E-state index is 0.253. The van der Waals surface area contributed by atoms with Gasteiger partial charge in [-0.15, -0.1) is 11.3 Å². The molecule has 0 fully saturated rings. The zero-order valence-corrected chi connectivity index (χ0v) is 18.3. The maximum atomic E-state index is 13.2. The van der Waals surface area contributed by atoms with E-state index in [1.54, 1.807) is 60.0 Å². The van der Waals surface area contributed by atoms with Gasteiger partial charge in [0.2, 0.25) is 5.88 Å². The summed E-state index contributed by atoms with van der Waals surface area (Å²) in [7, 11) is 1.31. The summed E-state index contributed by atoms with van der Waals surface area (Å²) in [5.41, 5.74) is 0.910. The first-order chi connectivity index (χ1) is 15.5. The Hall–Kier alpha value is -3.91. The largest absolute Gasteiger partial charge is 0.494 e. The highest BCUT2D eigenvalue weighted by Crippen LogP contribution is 2.29. The molecule has 4 rings (SSSR count). The van der Waals surface area contributed by atoms with Gasteiger partial charge in [-0.2, -0.15) is 0 Å². The predicted molar refractivity (Wildman–Crippen MR) is 125 cm³/mol. The fraction of sp³-hybridized carbons (Fsp3) is 0.125. The number of methoxy groups -OCH3 is 1. The molecule has 7 nitrogen and oxygen atoms in total. The molecule has 162 valence electrons. The SMILES string of the molecule is CCOc1ccc(-n2c(O)c(C=Nc3ccsc3C(=O)OC)c3ccccc3c2=O)cc1. The van der Waals surface area contributed by atoms with Crippen molar-refractivity contribution in [2.45, 2.75) is 6.92 Å². The molecular formula is C24H20N2O5S. The lowest BCUT2D eigenvalue weighted by atomic mass is 10.1. The van der Waals surface area contributed by atoms with Crippen LogP contribution in [0.4, 0.5) is 5.69 Å². The van der Waals surface area contributed by atoms with E-state index in [9.17, 15) is 14.7 Å². The Morgan fingerprint density at radius 1 is 1.12 bits per heavy atom. The summed E-state index contributed by atoms with van der Waals surface area (Å²) in [6.45, 7) is 2.41. The van der Waals surface area contributed by atoms with Gasteiger partial charge in [-0.05, 0) is 48.7 Å². The highest BCUT2D eigenvalue weighted by molar-refractivity contribution is 7.12. The van der Waals surface area contributed by atoms with Crippen LogP contribution in [0, 0.1) is 0 Å². The lowest BCUT2D eigenvalue weighted by Crippen LogP contribution is -2.20. The fourth-order valence-corrected chi connectivity index (χ4v) is 4.12. The quantitative estimate of drug-likeness (QED) is 0.341. The average molecular weight is 449 g/mol. The van der Waals surface area contributed by atoms with Crippen molar-refractivity contribution in [3.05, 3.63) is 80.8 Å². The number of pyridine rings is 1. The van der Waals surface area contributed by atoms with Gasteiger partial charge >= 0.3 is 5.97 Å². The van der Waals surface area contributed by atoms with E-state index in [4.69, 9.17) is 9.47 Å². The lowest BCUT2D eigenvalue weighted by molar-refractivity contribution is 0.0607. The van der Waals surface area contributed by atoms with Crippen molar-refractivity contribution >= 4 is 40.0 Å². The molecule has 8 heteroatoms. The van der Waals surface area contributed by atoms with Gasteiger partial charge < -0.3 is 14.6 Å². The summed E-state index contributed by atoms with van der Waals surface area (Å²) >= 11 is 1.22. The van der Waals surface area contributed by atoms with E-state index < -0.39 is 5.97 Å². The van der Waals surface area contributed by atoms with E-state index in [1.165, 1.54) is 29.2 Å². The van der Waals surface area contributed by atoms with Crippen molar-refractivity contribution in [1.82, 2.24) is 4.57 Å². The second kappa shape index (κ2) is 9.07. The van der Waals surface area contributed by atoms with Crippen molar-refractivity contribution in [1.29, 1.82) is 0 Å². The lowest BCUT2D eigenvalue weighted by Gasteiger charge is -2.14. The van der Waals surface area contributed by atoms with E-state index in [0.29, 0.717) is 44.9 Å². The Bertz CT molecular complexity index is 1370. The molecule has 0 saturated heterocycles. The molecule has 0 unspecified atom stereocenters. The van der Waals surface area contributed by atoms with Crippen LogP contribution in [0.1, 0.15) is 22.2 Å². The highest BCUT2D eigenvalue weighted by Gasteiger charge is 2.17. The van der Waals surface area contributed by atoms with Crippen molar-refractivity contribution < 1.29 is 19.4 Å². The van der Waals surface area contributed by atoms with Crippen molar-refractivity contribution in [2.75, 3.05) is 13.7 Å². The summed E-state index contributed by atoms with van der Waals surface area (Å²) in [6.07, 6.45) is 1.46. The molecule has 0 bridgehead atoms. The molecule has 2 heterocycles. The second-order valence-electron chi connectivity index (χ2n) is 6.74. The van der Waals surface area contributed by atoms with Gasteiger partial charge in [0.15, 0.2) is 0 Å². The second-order valence-corrected chi connectivity index (χ2v) is 7.65. The Morgan fingerprint density at radius 3 is 2.53 bits per heavy atom. The molecular weight excluding hydrogens is 428 g/mol. The Kier molecular flexibility index (Phi) is 6.04. The first-order valence-electron chi connectivity index (χ1n) is 9.85. The number of carbonyl (C=O) groups is 1. The minimum atomic E-state index is -0.486. The van der Waals surface area contributed by atoms with E-state index >= 15 is 0 Å². The van der Waals surface area contributed by atoms with Crippen LogP contribution in [-0.4, -0.2) is 35.6 Å². The number of aliphatic imine (C=N–C) groups is 1. The number of hydrogen-bond acceptors (Lipinski definition) is 7. The zero-order chi connectivity index (χ0) is 22.7. The smallest absolute Gasteiger partial charge is 0.350 e. The standard InChI is InChI=1S/C24H20N2O5S/c1-3-31-16-10-8-15(9-11-16)26-22(27)18-7-5-4-6-17(18)19(23(26)28)14-25-20-12-13-32-21(20)24(29)30-2/h4-14,28H,3H2,1-2H3. The van der Waals surface area contributed by atoms with E-state index in [-0.39, 0.29) is 11.4 Å². The van der Waals surface area contributed by atoms with Crippen molar-refractivity contribution in [2.24, 2.45) is 4.99 Å². The van der Waals surface area contributed by atoms with Gasteiger partial charge in [-0.1, -0.05) is 18.2 Å². The van der Waals surface area contributed by atoms with Crippen molar-refractivity contribution in [3.8, 4) is 17.3 Å². The number of esters is 1. The third-order valence-corrected chi connectivity index (χ3v) is 5.74. The summed E-state index contributed by atoms with van der Waals surface area (Å²) < 4.78 is 11.5. The molecule has 32 heavy (non-hydrogen) atoms. The summed E-state index contributed by atoms with van der Waals surface area (Å²) in [6, 6.07) is 15.6. The third kappa shape index (κ3) is 3.88. The molecule has 2 aromatic heterocycles. The Balaban J connectivity index is 1.89. The monoisotopic (exact) mass is 448 g/mol. The molecule has 0 aliphatic rings. The normalized spacial score (nSPS) is 11.2. The first-order valence-corrected chi connectivity index (χ1v) is 10.7. The van der Waals surface area contributed by atoms with Crippen LogP contribution in [0.15, 0.2) is 69.8 Å². The molecule has 0 spiro atoms. The van der Waals surface area contributed by atoms with Crippen LogP contribution in [0.5, 0.6) is 11.6 Å².